The molecule has 7 heteroatoms. The number of carboxylic acids is 1. The molecule has 2 aromatic heterocycles. The largest absolute Gasteiger partial charge is 0.508 e. The molecule has 1 atom stereocenters. The van der Waals surface area contributed by atoms with Gasteiger partial charge < -0.3 is 14.8 Å². The highest BCUT2D eigenvalue weighted by Gasteiger charge is 2.25. The predicted molar refractivity (Wildman–Crippen MR) is 131 cm³/mol. The Bertz CT molecular complexity index is 1590. The van der Waals surface area contributed by atoms with Crippen LogP contribution in [0, 0.1) is 6.92 Å². The number of para-hydroxylation sites is 2. The molecule has 2 N–H and O–H groups in total. The number of carboxylic acid groups (broad SMARTS) is 1. The molecule has 172 valence electrons. The van der Waals surface area contributed by atoms with Crippen LogP contribution in [0.5, 0.6) is 5.75 Å². The van der Waals surface area contributed by atoms with Crippen molar-refractivity contribution < 1.29 is 15.0 Å². The number of rotatable bonds is 6. The first-order valence-electron chi connectivity index (χ1n) is 11.1. The van der Waals surface area contributed by atoms with Crippen LogP contribution in [0.3, 0.4) is 0 Å². The maximum Gasteiger partial charge on any atom is 0.330 e. The molecule has 0 aliphatic rings. The van der Waals surface area contributed by atoms with E-state index in [0.29, 0.717) is 17.6 Å². The van der Waals surface area contributed by atoms with E-state index in [-0.39, 0.29) is 17.9 Å². The number of aromatic nitrogens is 3. The SMILES string of the molecule is Cc1cccc2c1c(Cn1c(=O)n(C(CC(=O)O)c3ccc(O)cc3)c3ccccc31)cn2C. The van der Waals surface area contributed by atoms with Gasteiger partial charge in [0.15, 0.2) is 0 Å². The Labute approximate surface area is 195 Å². The van der Waals surface area contributed by atoms with E-state index in [1.165, 1.54) is 12.1 Å². The van der Waals surface area contributed by atoms with Crippen molar-refractivity contribution >= 4 is 27.9 Å². The minimum atomic E-state index is -1.01. The van der Waals surface area contributed by atoms with Crippen molar-refractivity contribution in [3.63, 3.8) is 0 Å². The van der Waals surface area contributed by atoms with Crippen molar-refractivity contribution in [3.05, 3.63) is 100 Å². The molecule has 0 bridgehead atoms. The second-order valence-corrected chi connectivity index (χ2v) is 8.67. The van der Waals surface area contributed by atoms with Crippen LogP contribution in [-0.4, -0.2) is 29.9 Å². The molecule has 7 nitrogen and oxygen atoms in total. The van der Waals surface area contributed by atoms with Crippen molar-refractivity contribution in [2.75, 3.05) is 0 Å². The van der Waals surface area contributed by atoms with Crippen LogP contribution in [0.2, 0.25) is 0 Å². The average Bonchev–Trinajstić information content (AvgIpc) is 3.28. The predicted octanol–water partition coefficient (Wildman–Crippen LogP) is 4.42. The first-order valence-corrected chi connectivity index (χ1v) is 11.1. The van der Waals surface area contributed by atoms with Crippen molar-refractivity contribution in [2.24, 2.45) is 7.05 Å². The van der Waals surface area contributed by atoms with Gasteiger partial charge in [0.25, 0.3) is 0 Å². The summed E-state index contributed by atoms with van der Waals surface area (Å²) in [5, 5.41) is 20.5. The number of benzene rings is 3. The lowest BCUT2D eigenvalue weighted by Crippen LogP contribution is -2.29. The Morgan fingerprint density at radius 3 is 2.32 bits per heavy atom. The number of aliphatic carboxylic acids is 1. The lowest BCUT2D eigenvalue weighted by Gasteiger charge is -2.17. The standard InChI is InChI=1S/C27H25N3O4/c1-17-6-5-9-23-26(17)19(15-28(23)2)16-29-21-7-3-4-8-22(21)30(27(29)34)24(14-25(32)33)18-10-12-20(31)13-11-18/h3-13,15,24,31H,14,16H2,1-2H3,(H,32,33). The summed E-state index contributed by atoms with van der Waals surface area (Å²) < 4.78 is 5.34. The summed E-state index contributed by atoms with van der Waals surface area (Å²) in [4.78, 5) is 25.6. The molecule has 3 aromatic carbocycles. The summed E-state index contributed by atoms with van der Waals surface area (Å²) in [6.07, 6.45) is 1.79. The second-order valence-electron chi connectivity index (χ2n) is 8.67. The molecule has 0 saturated carbocycles. The van der Waals surface area contributed by atoms with Gasteiger partial charge >= 0.3 is 11.7 Å². The van der Waals surface area contributed by atoms with Crippen molar-refractivity contribution in [1.82, 2.24) is 13.7 Å². The Kier molecular flexibility index (Phi) is 5.24. The molecule has 2 heterocycles. The topological polar surface area (TPSA) is 89.4 Å². The molecule has 0 aliphatic carbocycles. The highest BCUT2D eigenvalue weighted by molar-refractivity contribution is 5.87. The quantitative estimate of drug-likeness (QED) is 0.397. The number of phenolic OH excluding ortho intramolecular Hbond substituents is 1. The monoisotopic (exact) mass is 455 g/mol. The van der Waals surface area contributed by atoms with E-state index < -0.39 is 12.0 Å². The molecule has 1 unspecified atom stereocenters. The number of fused-ring (bicyclic) bond motifs is 2. The summed E-state index contributed by atoms with van der Waals surface area (Å²) in [6, 6.07) is 19.2. The minimum Gasteiger partial charge on any atom is -0.508 e. The zero-order chi connectivity index (χ0) is 24.0. The van der Waals surface area contributed by atoms with Gasteiger partial charge in [0.2, 0.25) is 0 Å². The second kappa shape index (κ2) is 8.26. The van der Waals surface area contributed by atoms with Crippen LogP contribution in [0.25, 0.3) is 21.9 Å². The molecule has 0 radical (unpaired) electrons. The van der Waals surface area contributed by atoms with E-state index in [4.69, 9.17) is 0 Å². The number of hydrogen-bond acceptors (Lipinski definition) is 3. The highest BCUT2D eigenvalue weighted by Crippen LogP contribution is 2.29. The van der Waals surface area contributed by atoms with Crippen LogP contribution in [0.4, 0.5) is 0 Å². The minimum absolute atomic E-state index is 0.0823. The van der Waals surface area contributed by atoms with Crippen LogP contribution < -0.4 is 5.69 Å². The van der Waals surface area contributed by atoms with E-state index in [9.17, 15) is 19.8 Å². The van der Waals surface area contributed by atoms with E-state index in [0.717, 1.165) is 27.5 Å². The fourth-order valence-electron chi connectivity index (χ4n) is 4.93. The van der Waals surface area contributed by atoms with Crippen LogP contribution in [-0.2, 0) is 18.4 Å². The highest BCUT2D eigenvalue weighted by atomic mass is 16.4. The van der Waals surface area contributed by atoms with Crippen molar-refractivity contribution in [3.8, 4) is 5.75 Å². The molecule has 5 aromatic rings. The van der Waals surface area contributed by atoms with E-state index in [2.05, 4.69) is 23.6 Å². The van der Waals surface area contributed by atoms with Gasteiger partial charge in [-0.1, -0.05) is 36.4 Å². The number of carbonyl (C=O) groups is 1. The van der Waals surface area contributed by atoms with Crippen LogP contribution in [0.15, 0.2) is 77.7 Å². The molecule has 0 saturated heterocycles. The maximum atomic E-state index is 13.9. The number of hydrogen-bond donors (Lipinski definition) is 2. The Morgan fingerprint density at radius 2 is 1.62 bits per heavy atom. The van der Waals surface area contributed by atoms with Crippen molar-refractivity contribution in [1.29, 1.82) is 0 Å². The summed E-state index contributed by atoms with van der Waals surface area (Å²) in [7, 11) is 1.99. The van der Waals surface area contributed by atoms with E-state index in [1.54, 1.807) is 21.3 Å². The Morgan fingerprint density at radius 1 is 0.941 bits per heavy atom. The van der Waals surface area contributed by atoms with Gasteiger partial charge in [-0.05, 0) is 53.9 Å². The van der Waals surface area contributed by atoms with Crippen molar-refractivity contribution in [2.45, 2.75) is 25.9 Å². The van der Waals surface area contributed by atoms with Gasteiger partial charge in [-0.25, -0.2) is 4.79 Å². The average molecular weight is 456 g/mol. The zero-order valence-electron chi connectivity index (χ0n) is 19.0. The number of aryl methyl sites for hydroxylation is 2. The zero-order valence-corrected chi connectivity index (χ0v) is 19.0. The lowest BCUT2D eigenvalue weighted by molar-refractivity contribution is -0.137. The maximum absolute atomic E-state index is 13.9. The fourth-order valence-corrected chi connectivity index (χ4v) is 4.93. The molecule has 0 fully saturated rings. The first-order chi connectivity index (χ1) is 16.3. The molecule has 0 amide bonds. The summed E-state index contributed by atoms with van der Waals surface area (Å²) in [5.41, 5.74) is 5.05. The third-order valence-electron chi connectivity index (χ3n) is 6.46. The fraction of sp³-hybridized carbons (Fsp3) is 0.185. The summed E-state index contributed by atoms with van der Waals surface area (Å²) >= 11 is 0. The normalized spacial score (nSPS) is 12.4. The van der Waals surface area contributed by atoms with Crippen LogP contribution in [0.1, 0.15) is 29.2 Å². The summed E-state index contributed by atoms with van der Waals surface area (Å²) in [6.45, 7) is 2.43. The molecule has 0 aliphatic heterocycles. The summed E-state index contributed by atoms with van der Waals surface area (Å²) in [5.74, 6) is -0.926. The van der Waals surface area contributed by atoms with Gasteiger partial charge in [0, 0.05) is 24.1 Å². The molecular weight excluding hydrogens is 430 g/mol. The van der Waals surface area contributed by atoms with Gasteiger partial charge in [0.1, 0.15) is 5.75 Å². The van der Waals surface area contributed by atoms with Gasteiger partial charge in [-0.15, -0.1) is 0 Å². The molecule has 5 rings (SSSR count). The molecular formula is C27H25N3O4. The third kappa shape index (κ3) is 3.55. The number of aromatic hydroxyl groups is 1. The molecule has 34 heavy (non-hydrogen) atoms. The number of phenols is 1. The number of imidazole rings is 1. The Balaban J connectivity index is 1.72. The first kappa shape index (κ1) is 21.6. The van der Waals surface area contributed by atoms with Gasteiger partial charge in [0.05, 0.1) is 30.0 Å². The van der Waals surface area contributed by atoms with Gasteiger partial charge in [-0.2, -0.15) is 0 Å². The lowest BCUT2D eigenvalue weighted by atomic mass is 10.0. The third-order valence-corrected chi connectivity index (χ3v) is 6.46. The Hall–Kier alpha value is -4.26. The van der Waals surface area contributed by atoms with Gasteiger partial charge in [-0.3, -0.25) is 13.9 Å². The molecule has 0 spiro atoms. The van der Waals surface area contributed by atoms with E-state index >= 15 is 0 Å². The number of nitrogens with zero attached hydrogens (tertiary/aromatic N) is 3. The van der Waals surface area contributed by atoms with E-state index in [1.807, 2.05) is 43.6 Å². The van der Waals surface area contributed by atoms with Crippen LogP contribution >= 0.6 is 0 Å². The smallest absolute Gasteiger partial charge is 0.330 e.